The summed E-state index contributed by atoms with van der Waals surface area (Å²) in [7, 11) is 1.75. The molecule has 0 saturated heterocycles. The van der Waals surface area contributed by atoms with Gasteiger partial charge in [-0.2, -0.15) is 0 Å². The number of hydrogen-bond acceptors (Lipinski definition) is 1. The molecule has 0 radical (unpaired) electrons. The molecule has 0 heterocycles. The molecule has 3 atom stereocenters. The molecule has 11 heavy (non-hydrogen) atoms. The Morgan fingerprint density at radius 1 is 1.36 bits per heavy atom. The zero-order valence-corrected chi connectivity index (χ0v) is 8.03. The van der Waals surface area contributed by atoms with Crippen LogP contribution >= 0.6 is 23.2 Å². The third-order valence-electron chi connectivity index (χ3n) is 2.97. The molecule has 2 aliphatic rings. The highest BCUT2D eigenvalue weighted by Gasteiger charge is 2.66. The Kier molecular flexibility index (Phi) is 1.86. The van der Waals surface area contributed by atoms with E-state index >= 15 is 0 Å². The van der Waals surface area contributed by atoms with Crippen LogP contribution < -0.4 is 0 Å². The van der Waals surface area contributed by atoms with Crippen molar-refractivity contribution in [1.82, 2.24) is 0 Å². The number of halogens is 2. The van der Waals surface area contributed by atoms with Crippen molar-refractivity contribution in [2.45, 2.75) is 29.7 Å². The number of ether oxygens (including phenoxy) is 1. The maximum Gasteiger partial charge on any atom is 0.127 e. The standard InChI is InChI=1S/C8H12Cl2O/c1-11-6-4-2-3-5-7(6)8(5,9)10/h5-7H,2-4H2,1H3. The molecule has 2 aliphatic carbocycles. The first kappa shape index (κ1) is 8.15. The molecule has 2 saturated carbocycles. The first-order valence-corrected chi connectivity index (χ1v) is 4.84. The van der Waals surface area contributed by atoms with Crippen LogP contribution in [0.15, 0.2) is 0 Å². The second-order valence-electron chi connectivity index (χ2n) is 3.51. The number of rotatable bonds is 1. The Bertz CT molecular complexity index is 169. The Labute approximate surface area is 77.0 Å². The molecule has 3 unspecified atom stereocenters. The van der Waals surface area contributed by atoms with E-state index < -0.39 is 4.33 Å². The molecule has 0 bridgehead atoms. The van der Waals surface area contributed by atoms with Gasteiger partial charge < -0.3 is 4.74 Å². The number of hydrogen-bond donors (Lipinski definition) is 0. The molecule has 0 N–H and O–H groups in total. The lowest BCUT2D eigenvalue weighted by atomic mass is 9.98. The van der Waals surface area contributed by atoms with Crippen molar-refractivity contribution in [1.29, 1.82) is 0 Å². The van der Waals surface area contributed by atoms with E-state index in [2.05, 4.69) is 0 Å². The van der Waals surface area contributed by atoms with Crippen molar-refractivity contribution in [2.75, 3.05) is 7.11 Å². The minimum atomic E-state index is -0.461. The maximum atomic E-state index is 6.07. The van der Waals surface area contributed by atoms with Gasteiger partial charge in [0.1, 0.15) is 4.33 Å². The van der Waals surface area contributed by atoms with Crippen LogP contribution in [-0.2, 0) is 4.74 Å². The van der Waals surface area contributed by atoms with Crippen LogP contribution in [0.2, 0.25) is 0 Å². The van der Waals surface area contributed by atoms with Crippen molar-refractivity contribution < 1.29 is 4.74 Å². The maximum absolute atomic E-state index is 6.07. The lowest BCUT2D eigenvalue weighted by Crippen LogP contribution is -2.19. The fraction of sp³-hybridized carbons (Fsp3) is 1.00. The molecule has 3 heteroatoms. The lowest BCUT2D eigenvalue weighted by molar-refractivity contribution is 0.0586. The van der Waals surface area contributed by atoms with Gasteiger partial charge in [0.15, 0.2) is 0 Å². The summed E-state index contributed by atoms with van der Waals surface area (Å²) in [6.45, 7) is 0. The predicted molar refractivity (Wildman–Crippen MR) is 46.1 cm³/mol. The van der Waals surface area contributed by atoms with E-state index in [1.165, 1.54) is 12.8 Å². The van der Waals surface area contributed by atoms with Crippen LogP contribution in [0.1, 0.15) is 19.3 Å². The Morgan fingerprint density at radius 3 is 2.64 bits per heavy atom. The molecule has 0 spiro atoms. The molecule has 64 valence electrons. The van der Waals surface area contributed by atoms with E-state index in [9.17, 15) is 0 Å². The molecular weight excluding hydrogens is 183 g/mol. The molecular formula is C8H12Cl2O. The molecule has 0 aromatic rings. The summed E-state index contributed by atoms with van der Waals surface area (Å²) < 4.78 is 4.85. The fourth-order valence-electron chi connectivity index (χ4n) is 2.28. The van der Waals surface area contributed by atoms with Crippen molar-refractivity contribution in [3.8, 4) is 0 Å². The average molecular weight is 195 g/mol. The van der Waals surface area contributed by atoms with Gasteiger partial charge in [0.25, 0.3) is 0 Å². The van der Waals surface area contributed by atoms with Gasteiger partial charge in [0, 0.05) is 18.9 Å². The second kappa shape index (κ2) is 2.51. The summed E-state index contributed by atoms with van der Waals surface area (Å²) >= 11 is 12.1. The molecule has 0 aliphatic heterocycles. The van der Waals surface area contributed by atoms with Crippen molar-refractivity contribution >= 4 is 23.2 Å². The average Bonchev–Trinajstić information content (AvgIpc) is 2.56. The van der Waals surface area contributed by atoms with Crippen molar-refractivity contribution in [2.24, 2.45) is 11.8 Å². The molecule has 0 aromatic carbocycles. The van der Waals surface area contributed by atoms with Crippen LogP contribution in [0, 0.1) is 11.8 Å². The van der Waals surface area contributed by atoms with Gasteiger partial charge in [0.2, 0.25) is 0 Å². The summed E-state index contributed by atoms with van der Waals surface area (Å²) in [5.74, 6) is 0.911. The summed E-state index contributed by atoms with van der Waals surface area (Å²) in [5, 5.41) is 0. The zero-order valence-electron chi connectivity index (χ0n) is 6.52. The first-order valence-electron chi connectivity index (χ1n) is 4.08. The summed E-state index contributed by atoms with van der Waals surface area (Å²) in [4.78, 5) is 0. The van der Waals surface area contributed by atoms with E-state index in [4.69, 9.17) is 27.9 Å². The minimum Gasteiger partial charge on any atom is -0.381 e. The lowest BCUT2D eigenvalue weighted by Gasteiger charge is -2.18. The highest BCUT2D eigenvalue weighted by atomic mass is 35.5. The Hall–Kier alpha value is 0.540. The van der Waals surface area contributed by atoms with Crippen molar-refractivity contribution in [3.63, 3.8) is 0 Å². The Balaban J connectivity index is 2.07. The topological polar surface area (TPSA) is 9.23 Å². The van der Waals surface area contributed by atoms with Crippen molar-refractivity contribution in [3.05, 3.63) is 0 Å². The van der Waals surface area contributed by atoms with Gasteiger partial charge in [-0.05, 0) is 12.8 Å². The van der Waals surface area contributed by atoms with E-state index in [1.807, 2.05) is 0 Å². The highest BCUT2D eigenvalue weighted by Crippen LogP contribution is 2.65. The van der Waals surface area contributed by atoms with Gasteiger partial charge in [-0.1, -0.05) is 6.42 Å². The fourth-order valence-corrected chi connectivity index (χ4v) is 3.23. The predicted octanol–water partition coefficient (Wildman–Crippen LogP) is 2.61. The normalized spacial score (nSPS) is 46.6. The molecule has 2 fully saturated rings. The van der Waals surface area contributed by atoms with E-state index in [1.54, 1.807) is 7.11 Å². The van der Waals surface area contributed by atoms with E-state index in [0.717, 1.165) is 6.42 Å². The van der Waals surface area contributed by atoms with Gasteiger partial charge in [-0.3, -0.25) is 0 Å². The quantitative estimate of drug-likeness (QED) is 0.584. The van der Waals surface area contributed by atoms with Crippen LogP contribution in [-0.4, -0.2) is 17.5 Å². The molecule has 2 rings (SSSR count). The summed E-state index contributed by atoms with van der Waals surface area (Å²) in [5.41, 5.74) is 0. The molecule has 0 amide bonds. The third kappa shape index (κ3) is 1.09. The number of fused-ring (bicyclic) bond motifs is 1. The van der Waals surface area contributed by atoms with Gasteiger partial charge in [0.05, 0.1) is 6.10 Å². The number of methoxy groups -OCH3 is 1. The summed E-state index contributed by atoms with van der Waals surface area (Å²) in [6.07, 6.45) is 3.82. The number of alkyl halides is 2. The van der Waals surface area contributed by atoms with E-state index in [0.29, 0.717) is 17.9 Å². The van der Waals surface area contributed by atoms with Gasteiger partial charge in [-0.15, -0.1) is 23.2 Å². The first-order chi connectivity index (χ1) is 5.18. The largest absolute Gasteiger partial charge is 0.381 e. The second-order valence-corrected chi connectivity index (χ2v) is 4.96. The smallest absolute Gasteiger partial charge is 0.127 e. The van der Waals surface area contributed by atoms with Crippen LogP contribution in [0.3, 0.4) is 0 Å². The minimum absolute atomic E-state index is 0.309. The van der Waals surface area contributed by atoms with Crippen LogP contribution in [0.25, 0.3) is 0 Å². The van der Waals surface area contributed by atoms with Crippen LogP contribution in [0.5, 0.6) is 0 Å². The highest BCUT2D eigenvalue weighted by molar-refractivity contribution is 6.51. The van der Waals surface area contributed by atoms with Gasteiger partial charge in [-0.25, -0.2) is 0 Å². The van der Waals surface area contributed by atoms with Gasteiger partial charge >= 0.3 is 0 Å². The SMILES string of the molecule is COC1CCCC2C1C2(Cl)Cl. The molecule has 1 nitrogen and oxygen atoms in total. The monoisotopic (exact) mass is 194 g/mol. The van der Waals surface area contributed by atoms with Crippen LogP contribution in [0.4, 0.5) is 0 Å². The zero-order chi connectivity index (χ0) is 8.06. The third-order valence-corrected chi connectivity index (χ3v) is 4.03. The van der Waals surface area contributed by atoms with E-state index in [-0.39, 0.29) is 0 Å². The summed E-state index contributed by atoms with van der Waals surface area (Å²) in [6, 6.07) is 0. The molecule has 0 aromatic heterocycles. The Morgan fingerprint density at radius 2 is 2.09 bits per heavy atom.